The topological polar surface area (TPSA) is 18.5 Å². The van der Waals surface area contributed by atoms with Gasteiger partial charge in [0.25, 0.3) is 0 Å². The van der Waals surface area contributed by atoms with E-state index in [0.29, 0.717) is 6.04 Å². The highest BCUT2D eigenvalue weighted by Gasteiger charge is 2.06. The second-order valence-corrected chi connectivity index (χ2v) is 5.53. The number of hydrogen-bond donors (Lipinski definition) is 1. The molecule has 19 heavy (non-hydrogen) atoms. The van der Waals surface area contributed by atoms with Crippen molar-refractivity contribution in [3.63, 3.8) is 0 Å². The molecule has 0 radical (unpaired) electrons. The molecule has 3 nitrogen and oxygen atoms in total. The molecule has 3 heteroatoms. The van der Waals surface area contributed by atoms with Gasteiger partial charge in [-0.25, -0.2) is 0 Å². The van der Waals surface area contributed by atoms with E-state index in [-0.39, 0.29) is 0 Å². The molecule has 0 aliphatic carbocycles. The molecule has 0 aromatic rings. The maximum Gasteiger partial charge on any atom is 0.0202 e. The summed E-state index contributed by atoms with van der Waals surface area (Å²) in [6.07, 6.45) is 1.25. The molecular formula is C16H35N3. The predicted molar refractivity (Wildman–Crippen MR) is 86.8 cm³/mol. The van der Waals surface area contributed by atoms with E-state index in [4.69, 9.17) is 0 Å². The van der Waals surface area contributed by atoms with Crippen LogP contribution in [0, 0.1) is 0 Å². The second kappa shape index (κ2) is 11.4. The third-order valence-corrected chi connectivity index (χ3v) is 3.50. The third-order valence-electron chi connectivity index (χ3n) is 3.50. The van der Waals surface area contributed by atoms with Gasteiger partial charge in [-0.2, -0.15) is 0 Å². The van der Waals surface area contributed by atoms with Crippen molar-refractivity contribution in [2.75, 3.05) is 45.8 Å². The van der Waals surface area contributed by atoms with E-state index in [2.05, 4.69) is 56.3 Å². The molecule has 0 fully saturated rings. The molecular weight excluding hydrogens is 234 g/mol. The van der Waals surface area contributed by atoms with Crippen LogP contribution in [0.4, 0.5) is 0 Å². The maximum absolute atomic E-state index is 4.18. The molecule has 0 bridgehead atoms. The normalized spacial score (nSPS) is 11.8. The standard InChI is InChI=1S/C16H35N3/c1-7-18(8-2)11-10-12-19(9-3)14-16(6)13-17-15(4)5/h15,17H,6-14H2,1-5H3. The zero-order valence-corrected chi connectivity index (χ0v) is 13.8. The lowest BCUT2D eigenvalue weighted by Crippen LogP contribution is -2.33. The second-order valence-electron chi connectivity index (χ2n) is 5.53. The van der Waals surface area contributed by atoms with E-state index in [9.17, 15) is 0 Å². The first-order valence-corrected chi connectivity index (χ1v) is 7.88. The van der Waals surface area contributed by atoms with Crippen molar-refractivity contribution in [1.29, 1.82) is 0 Å². The van der Waals surface area contributed by atoms with Gasteiger partial charge < -0.3 is 10.2 Å². The molecule has 0 saturated heterocycles. The SMILES string of the molecule is C=C(CNC(C)C)CN(CC)CCCN(CC)CC. The summed E-state index contributed by atoms with van der Waals surface area (Å²) in [7, 11) is 0. The summed E-state index contributed by atoms with van der Waals surface area (Å²) in [4.78, 5) is 4.98. The first-order valence-electron chi connectivity index (χ1n) is 7.88. The maximum atomic E-state index is 4.18. The quantitative estimate of drug-likeness (QED) is 0.549. The molecule has 0 amide bonds. The summed E-state index contributed by atoms with van der Waals surface area (Å²) in [6.45, 7) is 23.0. The van der Waals surface area contributed by atoms with Gasteiger partial charge >= 0.3 is 0 Å². The molecule has 0 unspecified atom stereocenters. The Morgan fingerprint density at radius 3 is 2.00 bits per heavy atom. The first kappa shape index (κ1) is 18.6. The molecule has 114 valence electrons. The fourth-order valence-electron chi connectivity index (χ4n) is 2.13. The van der Waals surface area contributed by atoms with Crippen LogP contribution in [0.25, 0.3) is 0 Å². The van der Waals surface area contributed by atoms with E-state index in [0.717, 1.165) is 32.7 Å². The van der Waals surface area contributed by atoms with Crippen molar-refractivity contribution in [3.8, 4) is 0 Å². The number of likely N-dealkylation sites (N-methyl/N-ethyl adjacent to an activating group) is 1. The molecule has 0 aromatic carbocycles. The highest BCUT2D eigenvalue weighted by Crippen LogP contribution is 2.00. The van der Waals surface area contributed by atoms with Crippen LogP contribution in [-0.2, 0) is 0 Å². The van der Waals surface area contributed by atoms with Gasteiger partial charge in [0.2, 0.25) is 0 Å². The van der Waals surface area contributed by atoms with Gasteiger partial charge in [0.15, 0.2) is 0 Å². The Hall–Kier alpha value is -0.380. The molecule has 0 aromatic heterocycles. The number of hydrogen-bond acceptors (Lipinski definition) is 3. The smallest absolute Gasteiger partial charge is 0.0202 e. The average Bonchev–Trinajstić information content (AvgIpc) is 2.40. The zero-order valence-electron chi connectivity index (χ0n) is 13.8. The molecule has 0 heterocycles. The molecule has 0 spiro atoms. The van der Waals surface area contributed by atoms with Crippen LogP contribution in [-0.4, -0.2) is 61.7 Å². The van der Waals surface area contributed by atoms with Gasteiger partial charge in [0, 0.05) is 19.1 Å². The minimum absolute atomic E-state index is 0.537. The van der Waals surface area contributed by atoms with Crippen LogP contribution in [0.3, 0.4) is 0 Å². The van der Waals surface area contributed by atoms with Gasteiger partial charge in [-0.3, -0.25) is 4.90 Å². The summed E-state index contributed by atoms with van der Waals surface area (Å²) >= 11 is 0. The Bertz CT molecular complexity index is 222. The van der Waals surface area contributed by atoms with Crippen LogP contribution in [0.5, 0.6) is 0 Å². The Kier molecular flexibility index (Phi) is 11.2. The fraction of sp³-hybridized carbons (Fsp3) is 0.875. The first-order chi connectivity index (χ1) is 9.03. The van der Waals surface area contributed by atoms with Crippen molar-refractivity contribution in [2.45, 2.75) is 47.1 Å². The lowest BCUT2D eigenvalue weighted by Gasteiger charge is -2.24. The van der Waals surface area contributed by atoms with Crippen molar-refractivity contribution in [3.05, 3.63) is 12.2 Å². The zero-order chi connectivity index (χ0) is 14.7. The van der Waals surface area contributed by atoms with Gasteiger partial charge in [0.05, 0.1) is 0 Å². The summed E-state index contributed by atoms with van der Waals surface area (Å²) in [5.41, 5.74) is 1.29. The van der Waals surface area contributed by atoms with Crippen molar-refractivity contribution in [2.24, 2.45) is 0 Å². The molecule has 0 atom stereocenters. The predicted octanol–water partition coefficient (Wildman–Crippen LogP) is 2.59. The highest BCUT2D eigenvalue weighted by atomic mass is 15.1. The lowest BCUT2D eigenvalue weighted by atomic mass is 10.2. The van der Waals surface area contributed by atoms with Crippen LogP contribution in [0.2, 0.25) is 0 Å². The summed E-state index contributed by atoms with van der Waals surface area (Å²) in [5, 5.41) is 3.43. The van der Waals surface area contributed by atoms with Gasteiger partial charge in [-0.05, 0) is 44.7 Å². The van der Waals surface area contributed by atoms with Crippen molar-refractivity contribution < 1.29 is 0 Å². The lowest BCUT2D eigenvalue weighted by molar-refractivity contribution is 0.253. The van der Waals surface area contributed by atoms with E-state index in [1.54, 1.807) is 0 Å². The number of nitrogens with zero attached hydrogens (tertiary/aromatic N) is 2. The number of rotatable bonds is 12. The summed E-state index contributed by atoms with van der Waals surface area (Å²) < 4.78 is 0. The minimum Gasteiger partial charge on any atom is -0.311 e. The van der Waals surface area contributed by atoms with Crippen LogP contribution in [0.1, 0.15) is 41.0 Å². The third kappa shape index (κ3) is 10.1. The van der Waals surface area contributed by atoms with Crippen LogP contribution < -0.4 is 5.32 Å². The Morgan fingerprint density at radius 2 is 1.53 bits per heavy atom. The van der Waals surface area contributed by atoms with E-state index in [1.165, 1.54) is 25.1 Å². The largest absolute Gasteiger partial charge is 0.311 e. The highest BCUT2D eigenvalue weighted by molar-refractivity contribution is 5.00. The summed E-state index contributed by atoms with van der Waals surface area (Å²) in [5.74, 6) is 0. The Morgan fingerprint density at radius 1 is 1.00 bits per heavy atom. The number of nitrogens with one attached hydrogen (secondary N) is 1. The summed E-state index contributed by atoms with van der Waals surface area (Å²) in [6, 6.07) is 0.537. The van der Waals surface area contributed by atoms with Crippen LogP contribution >= 0.6 is 0 Å². The van der Waals surface area contributed by atoms with E-state index in [1.807, 2.05) is 0 Å². The molecule has 0 rings (SSSR count). The Balaban J connectivity index is 3.84. The molecule has 1 N–H and O–H groups in total. The Labute approximate surface area is 121 Å². The van der Waals surface area contributed by atoms with Crippen LogP contribution in [0.15, 0.2) is 12.2 Å². The van der Waals surface area contributed by atoms with E-state index < -0.39 is 0 Å². The molecule has 0 aliphatic rings. The monoisotopic (exact) mass is 269 g/mol. The molecule has 0 saturated carbocycles. The van der Waals surface area contributed by atoms with Crippen molar-refractivity contribution in [1.82, 2.24) is 15.1 Å². The fourth-order valence-corrected chi connectivity index (χ4v) is 2.13. The molecule has 0 aliphatic heterocycles. The van der Waals surface area contributed by atoms with Crippen molar-refractivity contribution >= 4 is 0 Å². The van der Waals surface area contributed by atoms with Gasteiger partial charge in [-0.15, -0.1) is 0 Å². The van der Waals surface area contributed by atoms with Gasteiger partial charge in [-0.1, -0.05) is 41.2 Å². The van der Waals surface area contributed by atoms with Gasteiger partial charge in [0.1, 0.15) is 0 Å². The average molecular weight is 269 g/mol. The minimum atomic E-state index is 0.537. The van der Waals surface area contributed by atoms with E-state index >= 15 is 0 Å².